The van der Waals surface area contributed by atoms with Crippen LogP contribution >= 0.6 is 0 Å². The predicted octanol–water partition coefficient (Wildman–Crippen LogP) is 3.03. The van der Waals surface area contributed by atoms with Gasteiger partial charge >= 0.3 is 0 Å². The van der Waals surface area contributed by atoms with Crippen LogP contribution in [0, 0.1) is 0 Å². The monoisotopic (exact) mass is 234 g/mol. The molecular weight excluding hydrogens is 212 g/mol. The van der Waals surface area contributed by atoms with Gasteiger partial charge in [-0.3, -0.25) is 4.90 Å². The van der Waals surface area contributed by atoms with E-state index in [4.69, 9.17) is 4.74 Å². The minimum absolute atomic E-state index is 0.505. The van der Waals surface area contributed by atoms with Crippen LogP contribution in [0.3, 0.4) is 0 Å². The molecule has 1 saturated heterocycles. The molecule has 0 amide bonds. The summed E-state index contributed by atoms with van der Waals surface area (Å²) in [6, 6.07) is 4.67. The molecule has 1 fully saturated rings. The number of hydrogen-bond acceptors (Lipinski definition) is 3. The maximum absolute atomic E-state index is 5.37. The molecular formula is C14H22N2O. The second-order valence-corrected chi connectivity index (χ2v) is 4.65. The number of pyridine rings is 1. The smallest absolute Gasteiger partial charge is 0.217 e. The Bertz CT molecular complexity index is 354. The van der Waals surface area contributed by atoms with Gasteiger partial charge in [-0.15, -0.1) is 0 Å². The van der Waals surface area contributed by atoms with Gasteiger partial charge < -0.3 is 4.74 Å². The first-order chi connectivity index (χ1) is 8.36. The summed E-state index contributed by atoms with van der Waals surface area (Å²) in [7, 11) is 1.71. The van der Waals surface area contributed by atoms with E-state index in [0.29, 0.717) is 6.04 Å². The molecule has 0 spiro atoms. The molecule has 0 unspecified atom stereocenters. The first-order valence-electron chi connectivity index (χ1n) is 6.59. The molecule has 0 aliphatic carbocycles. The molecule has 0 aromatic carbocycles. The van der Waals surface area contributed by atoms with Crippen LogP contribution in [0.15, 0.2) is 18.3 Å². The molecule has 17 heavy (non-hydrogen) atoms. The average molecular weight is 234 g/mol. The molecule has 2 rings (SSSR count). The summed E-state index contributed by atoms with van der Waals surface area (Å²) in [5.74, 6) is 0.792. The summed E-state index contributed by atoms with van der Waals surface area (Å²) >= 11 is 0. The lowest BCUT2D eigenvalue weighted by Crippen LogP contribution is -2.24. The molecule has 1 aromatic heterocycles. The molecule has 0 radical (unpaired) electrons. The summed E-state index contributed by atoms with van der Waals surface area (Å²) in [4.78, 5) is 6.88. The van der Waals surface area contributed by atoms with Crippen molar-refractivity contribution < 1.29 is 4.74 Å². The second kappa shape index (κ2) is 6.01. The summed E-state index contributed by atoms with van der Waals surface area (Å²) in [5.41, 5.74) is 1.25. The molecule has 0 saturated carbocycles. The maximum Gasteiger partial charge on any atom is 0.217 e. The van der Waals surface area contributed by atoms with Crippen molar-refractivity contribution in [3.8, 4) is 5.88 Å². The zero-order valence-corrected chi connectivity index (χ0v) is 10.9. The van der Waals surface area contributed by atoms with Gasteiger partial charge in [0.2, 0.25) is 5.88 Å². The van der Waals surface area contributed by atoms with Crippen molar-refractivity contribution in [2.75, 3.05) is 20.2 Å². The Morgan fingerprint density at radius 3 is 3.18 bits per heavy atom. The predicted molar refractivity (Wildman–Crippen MR) is 69.2 cm³/mol. The summed E-state index contributed by atoms with van der Waals surface area (Å²) < 4.78 is 5.37. The van der Waals surface area contributed by atoms with Crippen LogP contribution in [0.1, 0.15) is 44.2 Å². The molecule has 1 aromatic rings. The molecule has 3 heteroatoms. The van der Waals surface area contributed by atoms with Crippen molar-refractivity contribution in [1.82, 2.24) is 9.88 Å². The third kappa shape index (κ3) is 2.78. The van der Waals surface area contributed by atoms with Crippen LogP contribution in [-0.4, -0.2) is 30.1 Å². The van der Waals surface area contributed by atoms with E-state index in [9.17, 15) is 0 Å². The molecule has 0 N–H and O–H groups in total. The standard InChI is InChI=1S/C14H22N2O/c1-3-4-10-16-11-6-8-13(16)12-7-5-9-15-14(12)17-2/h5,7,9,13H,3-4,6,8,10-11H2,1-2H3/t13-/m0/s1. The van der Waals surface area contributed by atoms with Crippen LogP contribution in [0.5, 0.6) is 5.88 Å². The highest BCUT2D eigenvalue weighted by atomic mass is 16.5. The lowest BCUT2D eigenvalue weighted by atomic mass is 10.1. The molecule has 1 aliphatic rings. The van der Waals surface area contributed by atoms with Gasteiger partial charge in [0.1, 0.15) is 0 Å². The summed E-state index contributed by atoms with van der Waals surface area (Å²) in [6.07, 6.45) is 6.85. The van der Waals surface area contributed by atoms with E-state index in [-0.39, 0.29) is 0 Å². The van der Waals surface area contributed by atoms with Crippen molar-refractivity contribution in [1.29, 1.82) is 0 Å². The van der Waals surface area contributed by atoms with Gasteiger partial charge in [0.05, 0.1) is 7.11 Å². The SMILES string of the molecule is CCCCN1CCC[C@H]1c1cccnc1OC. The van der Waals surface area contributed by atoms with Crippen LogP contribution < -0.4 is 4.74 Å². The first-order valence-corrected chi connectivity index (χ1v) is 6.59. The van der Waals surface area contributed by atoms with E-state index in [1.165, 1.54) is 44.3 Å². The van der Waals surface area contributed by atoms with E-state index < -0.39 is 0 Å². The average Bonchev–Trinajstić information content (AvgIpc) is 2.84. The third-order valence-electron chi connectivity index (χ3n) is 3.52. The summed E-state index contributed by atoms with van der Waals surface area (Å²) in [5, 5.41) is 0. The zero-order valence-electron chi connectivity index (χ0n) is 10.9. The molecule has 94 valence electrons. The minimum Gasteiger partial charge on any atom is -0.481 e. The lowest BCUT2D eigenvalue weighted by molar-refractivity contribution is 0.246. The van der Waals surface area contributed by atoms with Crippen LogP contribution in [0.4, 0.5) is 0 Å². The molecule has 1 atom stereocenters. The fraction of sp³-hybridized carbons (Fsp3) is 0.643. The highest BCUT2D eigenvalue weighted by Gasteiger charge is 2.27. The second-order valence-electron chi connectivity index (χ2n) is 4.65. The van der Waals surface area contributed by atoms with Crippen LogP contribution in [0.25, 0.3) is 0 Å². The van der Waals surface area contributed by atoms with Crippen LogP contribution in [-0.2, 0) is 0 Å². The summed E-state index contributed by atoms with van der Waals surface area (Å²) in [6.45, 7) is 4.65. The Hall–Kier alpha value is -1.09. The number of likely N-dealkylation sites (tertiary alicyclic amines) is 1. The Labute approximate surface area is 104 Å². The number of ether oxygens (including phenoxy) is 1. The molecule has 1 aliphatic heterocycles. The van der Waals surface area contributed by atoms with Crippen molar-refractivity contribution in [3.05, 3.63) is 23.9 Å². The van der Waals surface area contributed by atoms with Crippen molar-refractivity contribution in [2.24, 2.45) is 0 Å². The number of aromatic nitrogens is 1. The van der Waals surface area contributed by atoms with Crippen molar-refractivity contribution in [3.63, 3.8) is 0 Å². The minimum atomic E-state index is 0.505. The van der Waals surface area contributed by atoms with E-state index in [1.807, 2.05) is 6.07 Å². The number of unbranched alkanes of at least 4 members (excludes halogenated alkanes) is 1. The van der Waals surface area contributed by atoms with E-state index in [0.717, 1.165) is 5.88 Å². The number of hydrogen-bond donors (Lipinski definition) is 0. The van der Waals surface area contributed by atoms with E-state index >= 15 is 0 Å². The lowest BCUT2D eigenvalue weighted by Gasteiger charge is -2.25. The fourth-order valence-electron chi connectivity index (χ4n) is 2.63. The maximum atomic E-state index is 5.37. The zero-order chi connectivity index (χ0) is 12.1. The molecule has 2 heterocycles. The number of methoxy groups -OCH3 is 1. The van der Waals surface area contributed by atoms with Gasteiger partial charge in [0.15, 0.2) is 0 Å². The fourth-order valence-corrected chi connectivity index (χ4v) is 2.63. The molecule has 3 nitrogen and oxygen atoms in total. The Morgan fingerprint density at radius 2 is 2.41 bits per heavy atom. The van der Waals surface area contributed by atoms with Crippen molar-refractivity contribution >= 4 is 0 Å². The van der Waals surface area contributed by atoms with Gasteiger partial charge in [0, 0.05) is 17.8 Å². The van der Waals surface area contributed by atoms with Gasteiger partial charge in [-0.2, -0.15) is 0 Å². The van der Waals surface area contributed by atoms with Gasteiger partial charge in [-0.25, -0.2) is 4.98 Å². The van der Waals surface area contributed by atoms with Crippen molar-refractivity contribution in [2.45, 2.75) is 38.6 Å². The largest absolute Gasteiger partial charge is 0.481 e. The van der Waals surface area contributed by atoms with E-state index in [1.54, 1.807) is 13.3 Å². The highest BCUT2D eigenvalue weighted by Crippen LogP contribution is 2.35. The van der Waals surface area contributed by atoms with Gasteiger partial charge in [0.25, 0.3) is 0 Å². The number of nitrogens with zero attached hydrogens (tertiary/aromatic N) is 2. The topological polar surface area (TPSA) is 25.4 Å². The Morgan fingerprint density at radius 1 is 1.53 bits per heavy atom. The van der Waals surface area contributed by atoms with Gasteiger partial charge in [-0.05, 0) is 38.4 Å². The highest BCUT2D eigenvalue weighted by molar-refractivity contribution is 5.29. The normalized spacial score (nSPS) is 20.7. The number of rotatable bonds is 5. The third-order valence-corrected chi connectivity index (χ3v) is 3.52. The van der Waals surface area contributed by atoms with Crippen LogP contribution in [0.2, 0.25) is 0 Å². The van der Waals surface area contributed by atoms with E-state index in [2.05, 4.69) is 22.9 Å². The molecule has 0 bridgehead atoms. The van der Waals surface area contributed by atoms with Gasteiger partial charge in [-0.1, -0.05) is 19.4 Å². The quantitative estimate of drug-likeness (QED) is 0.783. The first kappa shape index (κ1) is 12.4. The Kier molecular flexibility index (Phi) is 4.37. The Balaban J connectivity index is 2.14.